The molecule has 78 valence electrons. The highest BCUT2D eigenvalue weighted by Crippen LogP contribution is 2.10. The Morgan fingerprint density at radius 2 is 1.85 bits per heavy atom. The van der Waals surface area contributed by atoms with E-state index in [-0.39, 0.29) is 0 Å². The molecule has 0 aromatic heterocycles. The highest BCUT2D eigenvalue weighted by molar-refractivity contribution is 7.80. The molecule has 0 radical (unpaired) electrons. The van der Waals surface area contributed by atoms with Crippen molar-refractivity contribution in [3.05, 3.63) is 0 Å². The second-order valence-electron chi connectivity index (χ2n) is 3.96. The van der Waals surface area contributed by atoms with Gasteiger partial charge in [-0.1, -0.05) is 6.42 Å². The minimum absolute atomic E-state index is 0.455. The molecule has 1 saturated heterocycles. The summed E-state index contributed by atoms with van der Waals surface area (Å²) < 4.78 is 0. The molecule has 1 rings (SSSR count). The molecule has 1 heterocycles. The van der Waals surface area contributed by atoms with Crippen LogP contribution < -0.4 is 5.73 Å². The van der Waals surface area contributed by atoms with E-state index < -0.39 is 0 Å². The third-order valence-electron chi connectivity index (χ3n) is 2.76. The SMILES string of the molecule is NC1CCCCN(CCS)CCC1. The lowest BCUT2D eigenvalue weighted by Gasteiger charge is -2.20. The molecule has 1 aliphatic rings. The molecule has 0 spiro atoms. The second-order valence-corrected chi connectivity index (χ2v) is 4.41. The van der Waals surface area contributed by atoms with E-state index in [1.807, 2.05) is 0 Å². The lowest BCUT2D eigenvalue weighted by Crippen LogP contribution is -2.28. The summed E-state index contributed by atoms with van der Waals surface area (Å²) in [4.78, 5) is 2.52. The third kappa shape index (κ3) is 4.89. The van der Waals surface area contributed by atoms with E-state index in [0.717, 1.165) is 12.3 Å². The molecule has 0 aliphatic carbocycles. The molecule has 0 aromatic rings. The maximum atomic E-state index is 5.96. The number of nitrogens with two attached hydrogens (primary N) is 1. The number of hydrogen-bond acceptors (Lipinski definition) is 3. The number of hydrogen-bond donors (Lipinski definition) is 2. The van der Waals surface area contributed by atoms with E-state index >= 15 is 0 Å². The predicted octanol–water partition coefficient (Wildman–Crippen LogP) is 1.51. The third-order valence-corrected chi connectivity index (χ3v) is 2.96. The molecular formula is C10H22N2S. The van der Waals surface area contributed by atoms with Crippen LogP contribution in [-0.2, 0) is 0 Å². The molecule has 1 fully saturated rings. The fourth-order valence-corrected chi connectivity index (χ4v) is 2.22. The van der Waals surface area contributed by atoms with Gasteiger partial charge in [0.2, 0.25) is 0 Å². The van der Waals surface area contributed by atoms with Gasteiger partial charge >= 0.3 is 0 Å². The van der Waals surface area contributed by atoms with Crippen LogP contribution in [0.15, 0.2) is 0 Å². The first-order valence-electron chi connectivity index (χ1n) is 5.41. The van der Waals surface area contributed by atoms with Crippen LogP contribution in [0.5, 0.6) is 0 Å². The molecule has 2 N–H and O–H groups in total. The Morgan fingerprint density at radius 1 is 1.15 bits per heavy atom. The highest BCUT2D eigenvalue weighted by atomic mass is 32.1. The van der Waals surface area contributed by atoms with Crippen LogP contribution in [0.4, 0.5) is 0 Å². The molecule has 0 saturated carbocycles. The van der Waals surface area contributed by atoms with Crippen molar-refractivity contribution in [1.82, 2.24) is 4.90 Å². The van der Waals surface area contributed by atoms with Gasteiger partial charge in [0.05, 0.1) is 0 Å². The van der Waals surface area contributed by atoms with Gasteiger partial charge in [0, 0.05) is 18.3 Å². The average Bonchev–Trinajstić information content (AvgIpc) is 2.20. The van der Waals surface area contributed by atoms with E-state index in [9.17, 15) is 0 Å². The van der Waals surface area contributed by atoms with Gasteiger partial charge in [-0.3, -0.25) is 0 Å². The first-order valence-corrected chi connectivity index (χ1v) is 6.05. The molecule has 3 heteroatoms. The van der Waals surface area contributed by atoms with E-state index in [0.29, 0.717) is 6.04 Å². The van der Waals surface area contributed by atoms with Crippen molar-refractivity contribution < 1.29 is 0 Å². The Hall–Kier alpha value is 0.270. The van der Waals surface area contributed by atoms with E-state index in [4.69, 9.17) is 5.73 Å². The summed E-state index contributed by atoms with van der Waals surface area (Å²) in [6.45, 7) is 3.60. The summed E-state index contributed by atoms with van der Waals surface area (Å²) in [7, 11) is 0. The summed E-state index contributed by atoms with van der Waals surface area (Å²) in [5, 5.41) is 0. The molecular weight excluding hydrogens is 180 g/mol. The minimum atomic E-state index is 0.455. The molecule has 1 aliphatic heterocycles. The van der Waals surface area contributed by atoms with Crippen LogP contribution in [0.3, 0.4) is 0 Å². The van der Waals surface area contributed by atoms with Crippen molar-refractivity contribution in [3.8, 4) is 0 Å². The van der Waals surface area contributed by atoms with Gasteiger partial charge < -0.3 is 10.6 Å². The van der Waals surface area contributed by atoms with Gasteiger partial charge in [-0.15, -0.1) is 0 Å². The minimum Gasteiger partial charge on any atom is -0.328 e. The number of rotatable bonds is 2. The van der Waals surface area contributed by atoms with Crippen molar-refractivity contribution >= 4 is 12.6 Å². The van der Waals surface area contributed by atoms with Gasteiger partial charge in [0.15, 0.2) is 0 Å². The van der Waals surface area contributed by atoms with Crippen LogP contribution >= 0.6 is 12.6 Å². The van der Waals surface area contributed by atoms with Gasteiger partial charge in [0.1, 0.15) is 0 Å². The quantitative estimate of drug-likeness (QED) is 0.665. The Kier molecular flexibility index (Phi) is 5.83. The Balaban J connectivity index is 2.25. The first-order chi connectivity index (χ1) is 6.33. The summed E-state index contributed by atoms with van der Waals surface area (Å²) in [6, 6.07) is 0.455. The zero-order chi connectivity index (χ0) is 9.52. The summed E-state index contributed by atoms with van der Waals surface area (Å²) >= 11 is 4.27. The largest absolute Gasteiger partial charge is 0.328 e. The summed E-state index contributed by atoms with van der Waals surface area (Å²) in [6.07, 6.45) is 6.28. The Morgan fingerprint density at radius 3 is 2.62 bits per heavy atom. The van der Waals surface area contributed by atoms with E-state index in [1.165, 1.54) is 45.2 Å². The molecule has 2 nitrogen and oxygen atoms in total. The number of thiol groups is 1. The van der Waals surface area contributed by atoms with Crippen molar-refractivity contribution in [3.63, 3.8) is 0 Å². The average molecular weight is 202 g/mol. The molecule has 13 heavy (non-hydrogen) atoms. The second kappa shape index (κ2) is 6.68. The highest BCUT2D eigenvalue weighted by Gasteiger charge is 2.09. The first kappa shape index (κ1) is 11.3. The van der Waals surface area contributed by atoms with E-state index in [2.05, 4.69) is 17.5 Å². The van der Waals surface area contributed by atoms with Gasteiger partial charge in [-0.25, -0.2) is 0 Å². The molecule has 0 aromatic carbocycles. The number of nitrogens with zero attached hydrogens (tertiary/aromatic N) is 1. The fourth-order valence-electron chi connectivity index (χ4n) is 1.94. The van der Waals surface area contributed by atoms with E-state index in [1.54, 1.807) is 0 Å². The van der Waals surface area contributed by atoms with Crippen molar-refractivity contribution in [2.45, 2.75) is 38.1 Å². The fraction of sp³-hybridized carbons (Fsp3) is 1.00. The van der Waals surface area contributed by atoms with Gasteiger partial charge in [-0.05, 0) is 38.8 Å². The monoisotopic (exact) mass is 202 g/mol. The standard InChI is InChI=1S/C10H22N2S/c11-10-4-1-2-6-12(8-9-13)7-3-5-10/h10,13H,1-9,11H2. The van der Waals surface area contributed by atoms with Gasteiger partial charge in [-0.2, -0.15) is 12.6 Å². The van der Waals surface area contributed by atoms with Crippen LogP contribution in [-0.4, -0.2) is 36.3 Å². The maximum absolute atomic E-state index is 5.96. The van der Waals surface area contributed by atoms with Crippen LogP contribution in [0, 0.1) is 0 Å². The lowest BCUT2D eigenvalue weighted by atomic mass is 10.1. The zero-order valence-corrected chi connectivity index (χ0v) is 9.31. The van der Waals surface area contributed by atoms with Crippen molar-refractivity contribution in [2.75, 3.05) is 25.4 Å². The Bertz CT molecular complexity index is 130. The van der Waals surface area contributed by atoms with Crippen LogP contribution in [0.25, 0.3) is 0 Å². The van der Waals surface area contributed by atoms with Crippen LogP contribution in [0.2, 0.25) is 0 Å². The molecule has 1 unspecified atom stereocenters. The molecule has 1 atom stereocenters. The normalized spacial score (nSPS) is 27.7. The van der Waals surface area contributed by atoms with Crippen LogP contribution in [0.1, 0.15) is 32.1 Å². The maximum Gasteiger partial charge on any atom is 0.00698 e. The zero-order valence-electron chi connectivity index (χ0n) is 8.41. The lowest BCUT2D eigenvalue weighted by molar-refractivity contribution is 0.285. The van der Waals surface area contributed by atoms with Crippen molar-refractivity contribution in [1.29, 1.82) is 0 Å². The summed E-state index contributed by atoms with van der Waals surface area (Å²) in [5.74, 6) is 0.978. The topological polar surface area (TPSA) is 29.3 Å². The molecule has 0 amide bonds. The van der Waals surface area contributed by atoms with Crippen molar-refractivity contribution in [2.24, 2.45) is 5.73 Å². The summed E-state index contributed by atoms with van der Waals surface area (Å²) in [5.41, 5.74) is 5.96. The predicted molar refractivity (Wildman–Crippen MR) is 61.4 cm³/mol. The molecule has 0 bridgehead atoms. The van der Waals surface area contributed by atoms with Gasteiger partial charge in [0.25, 0.3) is 0 Å². The smallest absolute Gasteiger partial charge is 0.00698 e. The Labute approximate surface area is 87.3 Å².